The van der Waals surface area contributed by atoms with Crippen molar-refractivity contribution >= 4 is 11.0 Å². The van der Waals surface area contributed by atoms with Gasteiger partial charge in [0, 0.05) is 0 Å². The molecule has 0 fully saturated rings. The van der Waals surface area contributed by atoms with Gasteiger partial charge < -0.3 is 15.1 Å². The Morgan fingerprint density at radius 2 is 2.07 bits per heavy atom. The number of nitrogens with one attached hydrogen (secondary N) is 2. The highest BCUT2D eigenvalue weighted by atomic mass is 16.3. The third-order valence-corrected chi connectivity index (χ3v) is 2.31. The Labute approximate surface area is 80.6 Å². The SMILES string of the molecule is CCC(O)c1ccc2[nH]c(=O)[nH]c2c1. The van der Waals surface area contributed by atoms with E-state index in [-0.39, 0.29) is 5.69 Å². The van der Waals surface area contributed by atoms with Crippen molar-refractivity contribution < 1.29 is 5.11 Å². The fraction of sp³-hybridized carbons (Fsp3) is 0.300. The van der Waals surface area contributed by atoms with Crippen LogP contribution in [0.2, 0.25) is 0 Å². The van der Waals surface area contributed by atoms with Gasteiger partial charge in [0.2, 0.25) is 0 Å². The molecule has 4 nitrogen and oxygen atoms in total. The summed E-state index contributed by atoms with van der Waals surface area (Å²) in [5.74, 6) is 0. The Hall–Kier alpha value is -1.55. The number of hydrogen-bond acceptors (Lipinski definition) is 2. The van der Waals surface area contributed by atoms with Gasteiger partial charge in [-0.15, -0.1) is 0 Å². The van der Waals surface area contributed by atoms with E-state index < -0.39 is 6.10 Å². The molecule has 1 aromatic carbocycles. The summed E-state index contributed by atoms with van der Waals surface area (Å²) in [4.78, 5) is 16.3. The Kier molecular flexibility index (Phi) is 2.13. The Balaban J connectivity index is 2.55. The number of H-pyrrole nitrogens is 2. The van der Waals surface area contributed by atoms with Gasteiger partial charge >= 0.3 is 5.69 Å². The third kappa shape index (κ3) is 1.44. The topological polar surface area (TPSA) is 68.9 Å². The lowest BCUT2D eigenvalue weighted by Gasteiger charge is -2.06. The molecule has 1 unspecified atom stereocenters. The smallest absolute Gasteiger partial charge is 0.323 e. The van der Waals surface area contributed by atoms with E-state index in [9.17, 15) is 9.90 Å². The zero-order chi connectivity index (χ0) is 10.1. The van der Waals surface area contributed by atoms with Gasteiger partial charge in [-0.1, -0.05) is 13.0 Å². The monoisotopic (exact) mass is 192 g/mol. The van der Waals surface area contributed by atoms with Gasteiger partial charge in [0.05, 0.1) is 17.1 Å². The van der Waals surface area contributed by atoms with Gasteiger partial charge in [-0.2, -0.15) is 0 Å². The number of benzene rings is 1. The Morgan fingerprint density at radius 3 is 2.79 bits per heavy atom. The van der Waals surface area contributed by atoms with Crippen LogP contribution in [0.1, 0.15) is 25.0 Å². The van der Waals surface area contributed by atoms with Crippen LogP contribution < -0.4 is 5.69 Å². The standard InChI is InChI=1S/C10H12N2O2/c1-2-9(13)6-3-4-7-8(5-6)12-10(14)11-7/h3-5,9,13H,2H2,1H3,(H2,11,12,14). The summed E-state index contributed by atoms with van der Waals surface area (Å²) in [6, 6.07) is 5.41. The molecular weight excluding hydrogens is 180 g/mol. The minimum absolute atomic E-state index is 0.219. The molecule has 2 rings (SSSR count). The first-order valence-electron chi connectivity index (χ1n) is 4.60. The number of imidazole rings is 1. The van der Waals surface area contributed by atoms with Crippen LogP contribution in [0, 0.1) is 0 Å². The van der Waals surface area contributed by atoms with Crippen molar-refractivity contribution in [3.8, 4) is 0 Å². The van der Waals surface area contributed by atoms with E-state index in [4.69, 9.17) is 0 Å². The number of rotatable bonds is 2. The zero-order valence-electron chi connectivity index (χ0n) is 7.87. The quantitative estimate of drug-likeness (QED) is 0.671. The number of aliphatic hydroxyl groups is 1. The molecule has 1 aromatic heterocycles. The molecule has 0 aliphatic rings. The molecule has 0 radical (unpaired) electrons. The number of fused-ring (bicyclic) bond motifs is 1. The molecule has 14 heavy (non-hydrogen) atoms. The van der Waals surface area contributed by atoms with Crippen LogP contribution in [-0.4, -0.2) is 15.1 Å². The van der Waals surface area contributed by atoms with Gasteiger partial charge in [0.15, 0.2) is 0 Å². The molecule has 0 amide bonds. The lowest BCUT2D eigenvalue weighted by Crippen LogP contribution is -1.99. The van der Waals surface area contributed by atoms with E-state index in [2.05, 4.69) is 9.97 Å². The van der Waals surface area contributed by atoms with Gasteiger partial charge in [0.25, 0.3) is 0 Å². The highest BCUT2D eigenvalue weighted by Crippen LogP contribution is 2.19. The van der Waals surface area contributed by atoms with Crippen molar-refractivity contribution in [2.24, 2.45) is 0 Å². The molecule has 2 aromatic rings. The van der Waals surface area contributed by atoms with E-state index in [0.29, 0.717) is 6.42 Å². The number of aromatic amines is 2. The van der Waals surface area contributed by atoms with Gasteiger partial charge in [-0.3, -0.25) is 0 Å². The summed E-state index contributed by atoms with van der Waals surface area (Å²) in [7, 11) is 0. The largest absolute Gasteiger partial charge is 0.388 e. The fourth-order valence-corrected chi connectivity index (χ4v) is 1.49. The molecule has 0 saturated heterocycles. The Bertz CT molecular complexity index is 498. The van der Waals surface area contributed by atoms with Crippen molar-refractivity contribution in [3.05, 3.63) is 34.2 Å². The van der Waals surface area contributed by atoms with E-state index in [1.807, 2.05) is 13.0 Å². The maximum absolute atomic E-state index is 11.0. The third-order valence-electron chi connectivity index (χ3n) is 2.31. The summed E-state index contributed by atoms with van der Waals surface area (Å²) < 4.78 is 0. The maximum Gasteiger partial charge on any atom is 0.323 e. The Morgan fingerprint density at radius 1 is 1.36 bits per heavy atom. The van der Waals surface area contributed by atoms with E-state index >= 15 is 0 Å². The average Bonchev–Trinajstić information content (AvgIpc) is 2.55. The van der Waals surface area contributed by atoms with Crippen molar-refractivity contribution in [1.82, 2.24) is 9.97 Å². The van der Waals surface area contributed by atoms with Crippen LogP contribution in [0.3, 0.4) is 0 Å². The predicted octanol–water partition coefficient (Wildman–Crippen LogP) is 1.30. The van der Waals surface area contributed by atoms with Crippen LogP contribution in [0.25, 0.3) is 11.0 Å². The molecule has 0 aliphatic heterocycles. The van der Waals surface area contributed by atoms with E-state index in [1.165, 1.54) is 0 Å². The minimum atomic E-state index is -0.460. The molecule has 0 aliphatic carbocycles. The van der Waals surface area contributed by atoms with Crippen LogP contribution in [0.4, 0.5) is 0 Å². The predicted molar refractivity (Wildman–Crippen MR) is 54.2 cm³/mol. The second-order valence-electron chi connectivity index (χ2n) is 3.31. The molecule has 0 saturated carbocycles. The zero-order valence-corrected chi connectivity index (χ0v) is 7.87. The second kappa shape index (κ2) is 3.31. The number of aromatic nitrogens is 2. The summed E-state index contributed by atoms with van der Waals surface area (Å²) in [5, 5.41) is 9.59. The lowest BCUT2D eigenvalue weighted by molar-refractivity contribution is 0.174. The number of aliphatic hydroxyl groups excluding tert-OH is 1. The molecule has 0 spiro atoms. The molecule has 74 valence electrons. The van der Waals surface area contributed by atoms with Crippen molar-refractivity contribution in [2.75, 3.05) is 0 Å². The second-order valence-corrected chi connectivity index (χ2v) is 3.31. The van der Waals surface area contributed by atoms with Crippen LogP contribution in [0.15, 0.2) is 23.0 Å². The van der Waals surface area contributed by atoms with Gasteiger partial charge in [-0.25, -0.2) is 4.79 Å². The molecule has 1 atom stereocenters. The molecule has 1 heterocycles. The molecule has 4 heteroatoms. The lowest BCUT2D eigenvalue weighted by atomic mass is 10.1. The van der Waals surface area contributed by atoms with Gasteiger partial charge in [-0.05, 0) is 24.1 Å². The molecule has 3 N–H and O–H groups in total. The van der Waals surface area contributed by atoms with Crippen molar-refractivity contribution in [3.63, 3.8) is 0 Å². The van der Waals surface area contributed by atoms with Crippen molar-refractivity contribution in [2.45, 2.75) is 19.4 Å². The van der Waals surface area contributed by atoms with E-state index in [0.717, 1.165) is 16.6 Å². The van der Waals surface area contributed by atoms with Crippen LogP contribution in [-0.2, 0) is 0 Å². The molecular formula is C10H12N2O2. The maximum atomic E-state index is 11.0. The first-order valence-corrected chi connectivity index (χ1v) is 4.60. The van der Waals surface area contributed by atoms with Crippen LogP contribution >= 0.6 is 0 Å². The first kappa shape index (κ1) is 9.02. The normalized spacial score (nSPS) is 13.3. The summed E-state index contributed by atoms with van der Waals surface area (Å²) in [5.41, 5.74) is 2.11. The highest BCUT2D eigenvalue weighted by molar-refractivity contribution is 5.75. The van der Waals surface area contributed by atoms with E-state index in [1.54, 1.807) is 12.1 Å². The number of hydrogen-bond donors (Lipinski definition) is 3. The summed E-state index contributed by atoms with van der Waals surface area (Å²) >= 11 is 0. The van der Waals surface area contributed by atoms with Crippen LogP contribution in [0.5, 0.6) is 0 Å². The first-order chi connectivity index (χ1) is 6.70. The van der Waals surface area contributed by atoms with Crippen molar-refractivity contribution in [1.29, 1.82) is 0 Å². The molecule has 0 bridgehead atoms. The average molecular weight is 192 g/mol. The summed E-state index contributed by atoms with van der Waals surface area (Å²) in [6.45, 7) is 1.91. The minimum Gasteiger partial charge on any atom is -0.388 e. The summed E-state index contributed by atoms with van der Waals surface area (Å²) in [6.07, 6.45) is 0.206. The van der Waals surface area contributed by atoms with Gasteiger partial charge in [0.1, 0.15) is 0 Å². The fourth-order valence-electron chi connectivity index (χ4n) is 1.49. The highest BCUT2D eigenvalue weighted by Gasteiger charge is 2.06.